The van der Waals surface area contributed by atoms with Crippen molar-refractivity contribution in [3.05, 3.63) is 29.3 Å². The fourth-order valence-corrected chi connectivity index (χ4v) is 4.54. The molecular formula is C17H25NO4S. The summed E-state index contributed by atoms with van der Waals surface area (Å²) < 4.78 is 28.8. The Labute approximate surface area is 138 Å². The molecule has 6 heteroatoms. The molecule has 0 saturated carbocycles. The zero-order valence-corrected chi connectivity index (χ0v) is 15.0. The molecule has 0 aliphatic carbocycles. The molecular weight excluding hydrogens is 314 g/mol. The van der Waals surface area contributed by atoms with Gasteiger partial charge in [0.2, 0.25) is 0 Å². The molecule has 2 rings (SSSR count). The predicted octanol–water partition coefficient (Wildman–Crippen LogP) is 2.14. The Balaban J connectivity index is 2.01. The van der Waals surface area contributed by atoms with Crippen molar-refractivity contribution in [2.75, 3.05) is 25.2 Å². The number of nitrogens with zero attached hydrogens (tertiary/aromatic N) is 1. The Hall–Kier alpha value is -1.56. The minimum Gasteiger partial charge on any atom is -0.483 e. The SMILES string of the molecule is Cc1ccc(C(C)C)c(OCC(=O)N(C)[C@H]2CCS(=O)(=O)C2)c1. The van der Waals surface area contributed by atoms with Crippen LogP contribution in [0, 0.1) is 6.92 Å². The van der Waals surface area contributed by atoms with Gasteiger partial charge >= 0.3 is 0 Å². The predicted molar refractivity (Wildman–Crippen MR) is 90.6 cm³/mol. The van der Waals surface area contributed by atoms with Crippen LogP contribution in [0.5, 0.6) is 5.75 Å². The number of likely N-dealkylation sites (N-methyl/N-ethyl adjacent to an activating group) is 1. The van der Waals surface area contributed by atoms with E-state index in [-0.39, 0.29) is 30.1 Å². The lowest BCUT2D eigenvalue weighted by Crippen LogP contribution is -2.40. The topological polar surface area (TPSA) is 63.7 Å². The fourth-order valence-electron chi connectivity index (χ4n) is 2.77. The Kier molecular flexibility index (Phi) is 5.34. The molecule has 1 aliphatic rings. The van der Waals surface area contributed by atoms with E-state index in [9.17, 15) is 13.2 Å². The van der Waals surface area contributed by atoms with Crippen LogP contribution in [0.15, 0.2) is 18.2 Å². The first-order valence-corrected chi connectivity index (χ1v) is 9.71. The van der Waals surface area contributed by atoms with Gasteiger partial charge in [0, 0.05) is 13.1 Å². The van der Waals surface area contributed by atoms with E-state index in [4.69, 9.17) is 4.74 Å². The largest absolute Gasteiger partial charge is 0.483 e. The molecule has 0 unspecified atom stereocenters. The summed E-state index contributed by atoms with van der Waals surface area (Å²) in [6.45, 7) is 6.06. The molecule has 1 fully saturated rings. The maximum atomic E-state index is 12.3. The van der Waals surface area contributed by atoms with Crippen LogP contribution in [0.4, 0.5) is 0 Å². The van der Waals surface area contributed by atoms with Gasteiger partial charge in [-0.05, 0) is 36.5 Å². The first kappa shape index (κ1) is 17.8. The van der Waals surface area contributed by atoms with Gasteiger partial charge in [0.05, 0.1) is 11.5 Å². The number of amides is 1. The van der Waals surface area contributed by atoms with Gasteiger partial charge in [-0.25, -0.2) is 8.42 Å². The van der Waals surface area contributed by atoms with Crippen LogP contribution in [-0.4, -0.2) is 50.4 Å². The summed E-state index contributed by atoms with van der Waals surface area (Å²) >= 11 is 0. The number of rotatable bonds is 5. The van der Waals surface area contributed by atoms with Gasteiger partial charge in [0.15, 0.2) is 16.4 Å². The van der Waals surface area contributed by atoms with E-state index in [1.807, 2.05) is 25.1 Å². The summed E-state index contributed by atoms with van der Waals surface area (Å²) in [7, 11) is -1.35. The second-order valence-electron chi connectivity index (χ2n) is 6.55. The lowest BCUT2D eigenvalue weighted by atomic mass is 10.0. The Bertz CT molecular complexity index is 682. The van der Waals surface area contributed by atoms with Gasteiger partial charge in [-0.3, -0.25) is 4.79 Å². The molecule has 0 radical (unpaired) electrons. The van der Waals surface area contributed by atoms with Crippen LogP contribution >= 0.6 is 0 Å². The molecule has 128 valence electrons. The highest BCUT2D eigenvalue weighted by Gasteiger charge is 2.32. The third-order valence-electron chi connectivity index (χ3n) is 4.29. The number of aryl methyl sites for hydroxylation is 1. The minimum atomic E-state index is -3.00. The smallest absolute Gasteiger partial charge is 0.260 e. The number of hydrogen-bond acceptors (Lipinski definition) is 4. The van der Waals surface area contributed by atoms with E-state index in [1.54, 1.807) is 7.05 Å². The number of sulfone groups is 1. The highest BCUT2D eigenvalue weighted by atomic mass is 32.2. The fraction of sp³-hybridized carbons (Fsp3) is 0.588. The summed E-state index contributed by atoms with van der Waals surface area (Å²) in [5, 5.41) is 0. The molecule has 23 heavy (non-hydrogen) atoms. The van der Waals surface area contributed by atoms with Crippen LogP contribution < -0.4 is 4.74 Å². The van der Waals surface area contributed by atoms with Crippen LogP contribution in [0.25, 0.3) is 0 Å². The molecule has 0 N–H and O–H groups in total. The van der Waals surface area contributed by atoms with Gasteiger partial charge in [-0.15, -0.1) is 0 Å². The van der Waals surface area contributed by atoms with Crippen molar-refractivity contribution in [2.45, 2.75) is 39.2 Å². The Morgan fingerprint density at radius 2 is 2.09 bits per heavy atom. The second kappa shape index (κ2) is 6.91. The highest BCUT2D eigenvalue weighted by molar-refractivity contribution is 7.91. The summed E-state index contributed by atoms with van der Waals surface area (Å²) in [6, 6.07) is 5.74. The average molecular weight is 339 g/mol. The van der Waals surface area contributed by atoms with E-state index in [0.717, 1.165) is 16.9 Å². The van der Waals surface area contributed by atoms with Crippen LogP contribution in [0.1, 0.15) is 37.3 Å². The molecule has 0 bridgehead atoms. The zero-order valence-electron chi connectivity index (χ0n) is 14.2. The second-order valence-corrected chi connectivity index (χ2v) is 8.77. The normalized spacial score (nSPS) is 19.8. The standard InChI is InChI=1S/C17H25NO4S/c1-12(2)15-6-5-13(3)9-16(15)22-10-17(19)18(4)14-7-8-23(20,21)11-14/h5-6,9,12,14H,7-8,10-11H2,1-4H3/t14-/m0/s1. The van der Waals surface area contributed by atoms with Crippen molar-refractivity contribution in [3.63, 3.8) is 0 Å². The molecule has 1 aromatic rings. The van der Waals surface area contributed by atoms with Gasteiger partial charge in [-0.1, -0.05) is 26.0 Å². The number of ether oxygens (including phenoxy) is 1. The summed E-state index contributed by atoms with van der Waals surface area (Å²) in [5.74, 6) is 1.05. The molecule has 1 saturated heterocycles. The van der Waals surface area contributed by atoms with Crippen molar-refractivity contribution in [1.29, 1.82) is 0 Å². The van der Waals surface area contributed by atoms with Crippen LogP contribution in [0.3, 0.4) is 0 Å². The van der Waals surface area contributed by atoms with Crippen LogP contribution in [-0.2, 0) is 14.6 Å². The highest BCUT2D eigenvalue weighted by Crippen LogP contribution is 2.27. The van der Waals surface area contributed by atoms with E-state index < -0.39 is 9.84 Å². The van der Waals surface area contributed by atoms with Gasteiger partial charge in [0.25, 0.3) is 5.91 Å². The van der Waals surface area contributed by atoms with E-state index in [1.165, 1.54) is 4.90 Å². The summed E-state index contributed by atoms with van der Waals surface area (Å²) in [4.78, 5) is 13.8. The van der Waals surface area contributed by atoms with E-state index >= 15 is 0 Å². The van der Waals surface area contributed by atoms with Gasteiger partial charge < -0.3 is 9.64 Å². The maximum absolute atomic E-state index is 12.3. The van der Waals surface area contributed by atoms with Crippen molar-refractivity contribution < 1.29 is 17.9 Å². The van der Waals surface area contributed by atoms with Crippen molar-refractivity contribution in [3.8, 4) is 5.75 Å². The lowest BCUT2D eigenvalue weighted by Gasteiger charge is -2.24. The molecule has 0 aromatic heterocycles. The number of hydrogen-bond donors (Lipinski definition) is 0. The van der Waals surface area contributed by atoms with Gasteiger partial charge in [-0.2, -0.15) is 0 Å². The summed E-state index contributed by atoms with van der Waals surface area (Å²) in [5.41, 5.74) is 2.14. The van der Waals surface area contributed by atoms with Gasteiger partial charge in [0.1, 0.15) is 5.75 Å². The van der Waals surface area contributed by atoms with E-state index in [2.05, 4.69) is 13.8 Å². The number of carbonyl (C=O) groups is 1. The van der Waals surface area contributed by atoms with Crippen molar-refractivity contribution in [2.24, 2.45) is 0 Å². The minimum absolute atomic E-state index is 0.0525. The van der Waals surface area contributed by atoms with Crippen molar-refractivity contribution >= 4 is 15.7 Å². The summed E-state index contributed by atoms with van der Waals surface area (Å²) in [6.07, 6.45) is 0.506. The molecule has 1 aliphatic heterocycles. The Morgan fingerprint density at radius 1 is 1.39 bits per heavy atom. The number of carbonyl (C=O) groups excluding carboxylic acids is 1. The average Bonchev–Trinajstić information content (AvgIpc) is 2.83. The molecule has 1 aromatic carbocycles. The third kappa shape index (κ3) is 4.47. The van der Waals surface area contributed by atoms with E-state index in [0.29, 0.717) is 12.3 Å². The molecule has 0 spiro atoms. The lowest BCUT2D eigenvalue weighted by molar-refractivity contribution is -0.133. The molecule has 5 nitrogen and oxygen atoms in total. The number of benzene rings is 1. The maximum Gasteiger partial charge on any atom is 0.260 e. The zero-order chi connectivity index (χ0) is 17.2. The quantitative estimate of drug-likeness (QED) is 0.824. The third-order valence-corrected chi connectivity index (χ3v) is 6.04. The molecule has 1 atom stereocenters. The molecule has 1 amide bonds. The molecule has 1 heterocycles. The first-order valence-electron chi connectivity index (χ1n) is 7.89. The van der Waals surface area contributed by atoms with Crippen LogP contribution in [0.2, 0.25) is 0 Å². The monoisotopic (exact) mass is 339 g/mol. The Morgan fingerprint density at radius 3 is 2.65 bits per heavy atom. The van der Waals surface area contributed by atoms with Crippen molar-refractivity contribution in [1.82, 2.24) is 4.90 Å². The first-order chi connectivity index (χ1) is 10.7.